The van der Waals surface area contributed by atoms with Gasteiger partial charge in [-0.25, -0.2) is 4.39 Å². The minimum atomic E-state index is -0.140. The van der Waals surface area contributed by atoms with Gasteiger partial charge in [0, 0.05) is 0 Å². The third-order valence-electron chi connectivity index (χ3n) is 7.27. The van der Waals surface area contributed by atoms with E-state index in [-0.39, 0.29) is 5.82 Å². The van der Waals surface area contributed by atoms with E-state index < -0.39 is 0 Å². The molecule has 24 heavy (non-hydrogen) atoms. The van der Waals surface area contributed by atoms with E-state index in [9.17, 15) is 4.39 Å². The lowest BCUT2D eigenvalue weighted by Crippen LogP contribution is -2.40. The van der Waals surface area contributed by atoms with Crippen molar-refractivity contribution in [3.8, 4) is 11.8 Å². The van der Waals surface area contributed by atoms with E-state index in [4.69, 9.17) is 0 Å². The van der Waals surface area contributed by atoms with Gasteiger partial charge in [0.1, 0.15) is 5.82 Å². The molecule has 0 radical (unpaired) electrons. The Kier molecular flexibility index (Phi) is 3.83. The minimum absolute atomic E-state index is 0.140. The Hall–Kier alpha value is -1.55. The zero-order chi connectivity index (χ0) is 16.9. The molecule has 0 heterocycles. The molecule has 2 fully saturated rings. The molecule has 1 heteroatoms. The van der Waals surface area contributed by atoms with Crippen molar-refractivity contribution in [1.82, 2.24) is 0 Å². The molecule has 0 N–H and O–H groups in total. The number of halogens is 1. The predicted molar refractivity (Wildman–Crippen MR) is 97.3 cm³/mol. The molecule has 0 saturated heterocycles. The van der Waals surface area contributed by atoms with Crippen LogP contribution < -0.4 is 0 Å². The van der Waals surface area contributed by atoms with Crippen LogP contribution in [0.3, 0.4) is 0 Å². The summed E-state index contributed by atoms with van der Waals surface area (Å²) in [5.41, 5.74) is 5.34. The zero-order valence-electron chi connectivity index (χ0n) is 15.1. The number of hydrogen-bond acceptors (Lipinski definition) is 0. The second-order valence-corrected chi connectivity index (χ2v) is 8.13. The molecule has 126 valence electrons. The maximum absolute atomic E-state index is 14.3. The quantitative estimate of drug-likeness (QED) is 0.406. The summed E-state index contributed by atoms with van der Waals surface area (Å²) in [7, 11) is 0. The first-order chi connectivity index (χ1) is 11.6. The predicted octanol–water partition coefficient (Wildman–Crippen LogP) is 6.00. The largest absolute Gasteiger partial charge is 0.206 e. The van der Waals surface area contributed by atoms with E-state index in [1.165, 1.54) is 43.2 Å². The van der Waals surface area contributed by atoms with Crippen LogP contribution in [0.1, 0.15) is 75.5 Å². The highest BCUT2D eigenvalue weighted by molar-refractivity contribution is 5.45. The molecule has 3 unspecified atom stereocenters. The number of benzene rings is 1. The van der Waals surface area contributed by atoms with Gasteiger partial charge >= 0.3 is 0 Å². The van der Waals surface area contributed by atoms with Crippen LogP contribution in [0.4, 0.5) is 4.39 Å². The molecule has 4 rings (SSSR count). The fourth-order valence-corrected chi connectivity index (χ4v) is 6.14. The summed E-state index contributed by atoms with van der Waals surface area (Å²) < 4.78 is 14.3. The molecule has 3 aliphatic rings. The van der Waals surface area contributed by atoms with Crippen LogP contribution in [0.15, 0.2) is 23.8 Å². The molecule has 0 aliphatic heterocycles. The van der Waals surface area contributed by atoms with Gasteiger partial charge < -0.3 is 0 Å². The van der Waals surface area contributed by atoms with Gasteiger partial charge in [0.15, 0.2) is 0 Å². The third kappa shape index (κ3) is 2.19. The highest BCUT2D eigenvalue weighted by Crippen LogP contribution is 2.62. The zero-order valence-corrected chi connectivity index (χ0v) is 15.1. The highest BCUT2D eigenvalue weighted by atomic mass is 19.1. The van der Waals surface area contributed by atoms with E-state index >= 15 is 0 Å². The molecular weight excluding hydrogens is 295 g/mol. The average Bonchev–Trinajstić information content (AvgIpc) is 2.92. The van der Waals surface area contributed by atoms with E-state index in [1.807, 2.05) is 0 Å². The molecule has 1 aromatic rings. The van der Waals surface area contributed by atoms with Crippen LogP contribution in [0, 0.1) is 34.9 Å². The summed E-state index contributed by atoms with van der Waals surface area (Å²) >= 11 is 0. The Morgan fingerprint density at radius 2 is 2.04 bits per heavy atom. The molecule has 0 aromatic heterocycles. The first kappa shape index (κ1) is 15.9. The Labute approximate surface area is 145 Å². The fourth-order valence-electron chi connectivity index (χ4n) is 6.14. The van der Waals surface area contributed by atoms with Gasteiger partial charge in [0.25, 0.3) is 0 Å². The van der Waals surface area contributed by atoms with Crippen LogP contribution in [-0.4, -0.2) is 0 Å². The van der Waals surface area contributed by atoms with Crippen LogP contribution >= 0.6 is 0 Å². The summed E-state index contributed by atoms with van der Waals surface area (Å²) in [5, 5.41) is 0. The Morgan fingerprint density at radius 3 is 2.79 bits per heavy atom. The van der Waals surface area contributed by atoms with Gasteiger partial charge in [-0.05, 0) is 98.8 Å². The lowest BCUT2D eigenvalue weighted by Gasteiger charge is -2.49. The van der Waals surface area contributed by atoms with Crippen molar-refractivity contribution in [2.45, 2.75) is 65.2 Å². The van der Waals surface area contributed by atoms with Crippen molar-refractivity contribution in [1.29, 1.82) is 0 Å². The molecule has 4 atom stereocenters. The summed E-state index contributed by atoms with van der Waals surface area (Å²) in [4.78, 5) is 0. The van der Waals surface area contributed by atoms with Crippen molar-refractivity contribution >= 4 is 0 Å². The van der Waals surface area contributed by atoms with Gasteiger partial charge in [0.05, 0.1) is 5.56 Å². The highest BCUT2D eigenvalue weighted by Gasteiger charge is 2.52. The molecule has 0 spiro atoms. The molecule has 1 aromatic carbocycles. The second-order valence-electron chi connectivity index (χ2n) is 8.13. The molecule has 0 bridgehead atoms. The van der Waals surface area contributed by atoms with Crippen LogP contribution in [-0.2, 0) is 6.42 Å². The minimum Gasteiger partial charge on any atom is -0.206 e. The maximum atomic E-state index is 14.3. The smallest absolute Gasteiger partial charge is 0.139 e. The molecule has 2 saturated carbocycles. The lowest BCUT2D eigenvalue weighted by atomic mass is 9.55. The van der Waals surface area contributed by atoms with Gasteiger partial charge in [-0.2, -0.15) is 0 Å². The van der Waals surface area contributed by atoms with Crippen molar-refractivity contribution in [2.24, 2.45) is 17.3 Å². The van der Waals surface area contributed by atoms with Crippen molar-refractivity contribution in [3.63, 3.8) is 0 Å². The Balaban J connectivity index is 1.74. The third-order valence-corrected chi connectivity index (χ3v) is 7.27. The maximum Gasteiger partial charge on any atom is 0.139 e. The van der Waals surface area contributed by atoms with E-state index in [0.29, 0.717) is 16.9 Å². The van der Waals surface area contributed by atoms with Crippen LogP contribution in [0.2, 0.25) is 0 Å². The molecule has 0 amide bonds. The summed E-state index contributed by atoms with van der Waals surface area (Å²) in [5.74, 6) is 7.86. The Bertz CT molecular complexity index is 760. The normalized spacial score (nSPS) is 35.7. The number of allylic oxidation sites excluding steroid dienone is 2. The van der Waals surface area contributed by atoms with Crippen molar-refractivity contribution in [3.05, 3.63) is 46.3 Å². The van der Waals surface area contributed by atoms with Gasteiger partial charge in [-0.1, -0.05) is 24.5 Å². The Morgan fingerprint density at radius 1 is 1.21 bits per heavy atom. The van der Waals surface area contributed by atoms with Crippen molar-refractivity contribution in [2.75, 3.05) is 0 Å². The first-order valence-electron chi connectivity index (χ1n) is 9.49. The van der Waals surface area contributed by atoms with Gasteiger partial charge in [-0.3, -0.25) is 0 Å². The SMILES string of the molecule is CC#Cc1cc2c(cc1F)CCC1C2CC[C@]2(C)C(=CC)CCC12. The monoisotopic (exact) mass is 322 g/mol. The van der Waals surface area contributed by atoms with E-state index in [1.54, 1.807) is 18.6 Å². The number of fused-ring (bicyclic) bond motifs is 5. The number of hydrogen-bond donors (Lipinski definition) is 0. The van der Waals surface area contributed by atoms with E-state index in [2.05, 4.69) is 37.8 Å². The summed E-state index contributed by atoms with van der Waals surface area (Å²) in [6, 6.07) is 3.84. The number of aryl methyl sites for hydroxylation is 1. The molecule has 3 aliphatic carbocycles. The van der Waals surface area contributed by atoms with Gasteiger partial charge in [0.2, 0.25) is 0 Å². The lowest BCUT2D eigenvalue weighted by molar-refractivity contribution is 0.0813. The average molecular weight is 322 g/mol. The topological polar surface area (TPSA) is 0 Å². The van der Waals surface area contributed by atoms with Gasteiger partial charge in [-0.15, -0.1) is 5.92 Å². The van der Waals surface area contributed by atoms with Crippen LogP contribution in [0.25, 0.3) is 0 Å². The van der Waals surface area contributed by atoms with Crippen LogP contribution in [0.5, 0.6) is 0 Å². The second kappa shape index (κ2) is 5.76. The fraction of sp³-hybridized carbons (Fsp3) is 0.565. The molecule has 0 nitrogen and oxygen atoms in total. The molecular formula is C23H27F. The van der Waals surface area contributed by atoms with Crippen molar-refractivity contribution < 1.29 is 4.39 Å². The first-order valence-corrected chi connectivity index (χ1v) is 9.49. The summed E-state index contributed by atoms with van der Waals surface area (Å²) in [6.07, 6.45) is 9.79. The standard InChI is InChI=1S/C23H27F/c1-4-6-16-13-20-15(14-22(16)24)7-9-19-18(20)11-12-23(3)17(5-2)8-10-21(19)23/h5,13-14,18-19,21H,7-12H2,1-3H3/t18?,19?,21?,23-/m1/s1. The summed E-state index contributed by atoms with van der Waals surface area (Å²) in [6.45, 7) is 6.50. The van der Waals surface area contributed by atoms with E-state index in [0.717, 1.165) is 18.3 Å². The number of rotatable bonds is 0.